The van der Waals surface area contributed by atoms with Gasteiger partial charge in [0.2, 0.25) is 0 Å². The fourth-order valence-corrected chi connectivity index (χ4v) is 2.45. The number of hydrogen-bond acceptors (Lipinski definition) is 7. The molecule has 2 N–H and O–H groups in total. The van der Waals surface area contributed by atoms with E-state index in [-0.39, 0.29) is 25.8 Å². The highest BCUT2D eigenvalue weighted by Gasteiger charge is 2.35. The maximum atomic E-state index is 12.0. The SMILES string of the molecule is Cc1cn([C@H]2C[C@H](O)[C@@H](COCOC(=O)C(C)(C)C)O2)c(=O)[nH]c1=S. The summed E-state index contributed by atoms with van der Waals surface area (Å²) in [6, 6.07) is 0. The van der Waals surface area contributed by atoms with Crippen molar-refractivity contribution in [1.82, 2.24) is 9.55 Å². The molecule has 2 rings (SSSR count). The molecule has 1 aromatic heterocycles. The number of esters is 1. The van der Waals surface area contributed by atoms with Gasteiger partial charge < -0.3 is 19.3 Å². The van der Waals surface area contributed by atoms with E-state index in [1.54, 1.807) is 33.9 Å². The van der Waals surface area contributed by atoms with E-state index < -0.39 is 29.5 Å². The number of carbonyl (C=O) groups is 1. The molecule has 9 heteroatoms. The molecule has 0 amide bonds. The summed E-state index contributed by atoms with van der Waals surface area (Å²) in [6.07, 6.45) is -0.168. The zero-order valence-electron chi connectivity index (χ0n) is 14.8. The molecule has 0 aromatic carbocycles. The summed E-state index contributed by atoms with van der Waals surface area (Å²) in [7, 11) is 0. The third-order valence-corrected chi connectivity index (χ3v) is 4.25. The highest BCUT2D eigenvalue weighted by atomic mass is 32.1. The number of hydrogen-bond donors (Lipinski definition) is 2. The van der Waals surface area contributed by atoms with Gasteiger partial charge in [0.1, 0.15) is 17.0 Å². The minimum Gasteiger partial charge on any atom is -0.438 e. The molecular weight excluding hydrogens is 348 g/mol. The quantitative estimate of drug-likeness (QED) is 0.349. The second kappa shape index (κ2) is 7.77. The van der Waals surface area contributed by atoms with Crippen LogP contribution in [-0.2, 0) is 19.0 Å². The number of ether oxygens (including phenoxy) is 3. The summed E-state index contributed by atoms with van der Waals surface area (Å²) in [5, 5.41) is 10.1. The van der Waals surface area contributed by atoms with Gasteiger partial charge in [0.25, 0.3) is 0 Å². The van der Waals surface area contributed by atoms with E-state index in [2.05, 4.69) is 4.98 Å². The Balaban J connectivity index is 1.90. The smallest absolute Gasteiger partial charge is 0.328 e. The second-order valence-electron chi connectivity index (χ2n) is 7.08. The van der Waals surface area contributed by atoms with Crippen LogP contribution in [0.5, 0.6) is 0 Å². The van der Waals surface area contributed by atoms with Gasteiger partial charge in [0.05, 0.1) is 18.1 Å². The van der Waals surface area contributed by atoms with Crippen LogP contribution in [0.4, 0.5) is 0 Å². The Labute approximate surface area is 150 Å². The van der Waals surface area contributed by atoms with Crippen molar-refractivity contribution in [3.8, 4) is 0 Å². The first-order valence-electron chi connectivity index (χ1n) is 8.00. The van der Waals surface area contributed by atoms with Gasteiger partial charge in [-0.1, -0.05) is 12.2 Å². The zero-order valence-corrected chi connectivity index (χ0v) is 15.6. The van der Waals surface area contributed by atoms with Gasteiger partial charge in [0.15, 0.2) is 6.79 Å². The molecule has 2 heterocycles. The number of aromatic nitrogens is 2. The van der Waals surface area contributed by atoms with Crippen LogP contribution in [0.2, 0.25) is 0 Å². The number of aromatic amines is 1. The Morgan fingerprint density at radius 2 is 2.20 bits per heavy atom. The molecular formula is C16H24N2O6S. The number of aliphatic hydroxyl groups is 1. The maximum absolute atomic E-state index is 12.0. The minimum absolute atomic E-state index is 0.0473. The molecule has 0 spiro atoms. The molecule has 0 saturated carbocycles. The molecule has 1 aromatic rings. The Hall–Kier alpha value is -1.55. The van der Waals surface area contributed by atoms with Crippen molar-refractivity contribution in [1.29, 1.82) is 0 Å². The Bertz CT molecular complexity index is 735. The average molecular weight is 372 g/mol. The molecule has 0 bridgehead atoms. The summed E-state index contributed by atoms with van der Waals surface area (Å²) in [5.41, 5.74) is -0.264. The monoisotopic (exact) mass is 372 g/mol. The lowest BCUT2D eigenvalue weighted by molar-refractivity contribution is -0.170. The molecule has 3 atom stereocenters. The normalized spacial score (nSPS) is 23.6. The van der Waals surface area contributed by atoms with Crippen LogP contribution in [0, 0.1) is 17.0 Å². The molecule has 1 saturated heterocycles. The summed E-state index contributed by atoms with van der Waals surface area (Å²) >= 11 is 5.02. The van der Waals surface area contributed by atoms with Crippen LogP contribution in [-0.4, -0.2) is 46.2 Å². The topological polar surface area (TPSA) is 103 Å². The molecule has 8 nitrogen and oxygen atoms in total. The Morgan fingerprint density at radius 3 is 2.84 bits per heavy atom. The maximum Gasteiger partial charge on any atom is 0.328 e. The van der Waals surface area contributed by atoms with Gasteiger partial charge in [-0.25, -0.2) is 4.79 Å². The van der Waals surface area contributed by atoms with Gasteiger partial charge >= 0.3 is 11.7 Å². The molecule has 0 unspecified atom stereocenters. The average Bonchev–Trinajstić information content (AvgIpc) is 2.87. The third kappa shape index (κ3) is 4.97. The number of nitrogens with one attached hydrogen (secondary N) is 1. The third-order valence-electron chi connectivity index (χ3n) is 3.83. The van der Waals surface area contributed by atoms with Gasteiger partial charge in [-0.2, -0.15) is 0 Å². The summed E-state index contributed by atoms with van der Waals surface area (Å²) in [5.74, 6) is -0.375. The molecule has 25 heavy (non-hydrogen) atoms. The molecule has 0 aliphatic carbocycles. The van der Waals surface area contributed by atoms with E-state index in [1.165, 1.54) is 4.57 Å². The fourth-order valence-electron chi connectivity index (χ4n) is 2.31. The highest BCUT2D eigenvalue weighted by molar-refractivity contribution is 7.71. The van der Waals surface area contributed by atoms with E-state index in [4.69, 9.17) is 26.4 Å². The number of H-pyrrole nitrogens is 1. The van der Waals surface area contributed by atoms with Crippen molar-refractivity contribution in [2.24, 2.45) is 5.41 Å². The summed E-state index contributed by atoms with van der Waals surface area (Å²) in [4.78, 5) is 26.2. The predicted octanol–water partition coefficient (Wildman–Crippen LogP) is 1.43. The van der Waals surface area contributed by atoms with Crippen molar-refractivity contribution in [2.75, 3.05) is 13.4 Å². The van der Waals surface area contributed by atoms with Crippen LogP contribution in [0.25, 0.3) is 0 Å². The highest BCUT2D eigenvalue weighted by Crippen LogP contribution is 2.28. The van der Waals surface area contributed by atoms with E-state index in [0.29, 0.717) is 4.64 Å². The van der Waals surface area contributed by atoms with Crippen LogP contribution < -0.4 is 5.69 Å². The van der Waals surface area contributed by atoms with Crippen LogP contribution in [0.15, 0.2) is 11.0 Å². The first kappa shape index (κ1) is 19.8. The van der Waals surface area contributed by atoms with Gasteiger partial charge in [-0.05, 0) is 27.7 Å². The van der Waals surface area contributed by atoms with Crippen molar-refractivity contribution in [3.05, 3.63) is 26.9 Å². The summed E-state index contributed by atoms with van der Waals surface area (Å²) < 4.78 is 17.7. The number of aliphatic hydroxyl groups excluding tert-OH is 1. The number of carbonyl (C=O) groups excluding carboxylic acids is 1. The van der Waals surface area contributed by atoms with E-state index >= 15 is 0 Å². The first-order valence-corrected chi connectivity index (χ1v) is 8.41. The van der Waals surface area contributed by atoms with Crippen molar-refractivity contribution < 1.29 is 24.1 Å². The fraction of sp³-hybridized carbons (Fsp3) is 0.688. The predicted molar refractivity (Wildman–Crippen MR) is 91.5 cm³/mol. The standard InChI is InChI=1S/C16H24N2O6S/c1-9-6-18(15(21)17-13(9)25)12-5-10(19)11(24-12)7-22-8-23-14(20)16(2,3)4/h6,10-12,19H,5,7-8H2,1-4H3,(H,17,21,25)/t10-,11+,12+/m0/s1. The lowest BCUT2D eigenvalue weighted by Gasteiger charge is -2.18. The van der Waals surface area contributed by atoms with Crippen LogP contribution in [0.1, 0.15) is 39.0 Å². The number of rotatable bonds is 5. The molecule has 1 fully saturated rings. The first-order chi connectivity index (χ1) is 11.6. The Morgan fingerprint density at radius 1 is 1.52 bits per heavy atom. The molecule has 1 aliphatic rings. The largest absolute Gasteiger partial charge is 0.438 e. The van der Waals surface area contributed by atoms with Gasteiger partial charge in [0, 0.05) is 18.2 Å². The zero-order chi connectivity index (χ0) is 18.8. The Kier molecular flexibility index (Phi) is 6.15. The van der Waals surface area contributed by atoms with Crippen molar-refractivity contribution in [2.45, 2.75) is 52.6 Å². The lowest BCUT2D eigenvalue weighted by atomic mass is 9.98. The van der Waals surface area contributed by atoms with Crippen molar-refractivity contribution in [3.63, 3.8) is 0 Å². The molecule has 1 aliphatic heterocycles. The van der Waals surface area contributed by atoms with Crippen molar-refractivity contribution >= 4 is 18.2 Å². The van der Waals surface area contributed by atoms with E-state index in [0.717, 1.165) is 5.56 Å². The summed E-state index contributed by atoms with van der Waals surface area (Å²) in [6.45, 7) is 6.85. The number of nitrogens with zero attached hydrogens (tertiary/aromatic N) is 1. The van der Waals surface area contributed by atoms with E-state index in [9.17, 15) is 14.7 Å². The second-order valence-corrected chi connectivity index (χ2v) is 7.49. The minimum atomic E-state index is -0.793. The van der Waals surface area contributed by atoms with Gasteiger partial charge in [-0.3, -0.25) is 14.3 Å². The lowest BCUT2D eigenvalue weighted by Crippen LogP contribution is -2.29. The molecule has 140 valence electrons. The molecule has 0 radical (unpaired) electrons. The number of aryl methyl sites for hydroxylation is 1. The van der Waals surface area contributed by atoms with E-state index in [1.807, 2.05) is 0 Å². The van der Waals surface area contributed by atoms with Crippen LogP contribution >= 0.6 is 12.2 Å². The van der Waals surface area contributed by atoms with Gasteiger partial charge in [-0.15, -0.1) is 0 Å². The van der Waals surface area contributed by atoms with Crippen LogP contribution in [0.3, 0.4) is 0 Å².